The van der Waals surface area contributed by atoms with Gasteiger partial charge < -0.3 is 4.74 Å². The Bertz CT molecular complexity index is 235. The topological polar surface area (TPSA) is 9.23 Å². The molecule has 2 heteroatoms. The van der Waals surface area contributed by atoms with Crippen molar-refractivity contribution < 1.29 is 4.74 Å². The summed E-state index contributed by atoms with van der Waals surface area (Å²) in [5.74, 6) is 1.27. The van der Waals surface area contributed by atoms with E-state index in [1.54, 1.807) is 0 Å². The number of halogens is 1. The van der Waals surface area contributed by atoms with Gasteiger partial charge >= 0.3 is 0 Å². The minimum absolute atomic E-state index is 0.347. The first-order valence-electron chi connectivity index (χ1n) is 7.85. The molecule has 2 rings (SSSR count). The predicted molar refractivity (Wildman–Crippen MR) is 92.1 cm³/mol. The number of hydrogen-bond acceptors (Lipinski definition) is 1. The van der Waals surface area contributed by atoms with Crippen LogP contribution in [0.2, 0.25) is 0 Å². The maximum Gasteiger partial charge on any atom is 0.0764 e. The highest BCUT2D eigenvalue weighted by atomic mass is 79.9. The molecule has 1 nitrogen and oxygen atoms in total. The summed E-state index contributed by atoms with van der Waals surface area (Å²) in [4.78, 5) is 0.523. The number of allylic oxidation sites excluding steroid dienone is 3. The lowest BCUT2D eigenvalue weighted by molar-refractivity contribution is 0.0323. The van der Waals surface area contributed by atoms with E-state index in [4.69, 9.17) is 4.74 Å². The summed E-state index contributed by atoms with van der Waals surface area (Å²) < 4.78 is 5.54. The summed E-state index contributed by atoms with van der Waals surface area (Å²) >= 11 is 3.69. The van der Waals surface area contributed by atoms with Gasteiger partial charge in [-0.2, -0.15) is 0 Å². The molecule has 4 unspecified atom stereocenters. The first-order chi connectivity index (χ1) is 9.33. The van der Waals surface area contributed by atoms with E-state index in [1.807, 2.05) is 48.7 Å². The molecule has 0 heterocycles. The van der Waals surface area contributed by atoms with Crippen LogP contribution in [0.1, 0.15) is 54.4 Å². The van der Waals surface area contributed by atoms with Crippen LogP contribution in [0.15, 0.2) is 24.3 Å². The van der Waals surface area contributed by atoms with E-state index < -0.39 is 0 Å². The van der Waals surface area contributed by atoms with Crippen LogP contribution in [0.5, 0.6) is 0 Å². The number of methoxy groups -OCH3 is 1. The third kappa shape index (κ3) is 6.76. The van der Waals surface area contributed by atoms with Gasteiger partial charge in [0.25, 0.3) is 0 Å². The Morgan fingerprint density at radius 3 is 1.95 bits per heavy atom. The van der Waals surface area contributed by atoms with Crippen molar-refractivity contribution >= 4 is 15.9 Å². The van der Waals surface area contributed by atoms with Crippen LogP contribution in [0.3, 0.4) is 0 Å². The van der Waals surface area contributed by atoms with E-state index in [2.05, 4.69) is 40.2 Å². The molecule has 0 aromatic carbocycles. The maximum atomic E-state index is 5.54. The van der Waals surface area contributed by atoms with Gasteiger partial charge in [0.15, 0.2) is 0 Å². The molecule has 0 aromatic rings. The molecule has 0 bridgehead atoms. The molecule has 114 valence electrons. The molecule has 1 saturated carbocycles. The van der Waals surface area contributed by atoms with Crippen molar-refractivity contribution in [3.8, 4) is 0 Å². The second-order valence-corrected chi connectivity index (χ2v) is 4.98. The number of alkyl halides is 1. The zero-order valence-corrected chi connectivity index (χ0v) is 15.4. The van der Waals surface area contributed by atoms with Crippen LogP contribution in [0, 0.1) is 11.8 Å². The Labute approximate surface area is 129 Å². The fourth-order valence-corrected chi connectivity index (χ4v) is 3.21. The van der Waals surface area contributed by atoms with E-state index in [1.165, 1.54) is 12.8 Å². The fourth-order valence-electron chi connectivity index (χ4n) is 2.37. The molecule has 0 aliphatic heterocycles. The molecule has 0 amide bonds. The molecule has 0 aromatic heterocycles. The van der Waals surface area contributed by atoms with Crippen LogP contribution in [-0.2, 0) is 4.74 Å². The molecule has 0 radical (unpaired) electrons. The van der Waals surface area contributed by atoms with Crippen LogP contribution in [0.4, 0.5) is 0 Å². The minimum atomic E-state index is 0.347. The van der Waals surface area contributed by atoms with Gasteiger partial charge in [0.1, 0.15) is 0 Å². The van der Waals surface area contributed by atoms with Crippen LogP contribution in [-0.4, -0.2) is 18.0 Å². The Balaban J connectivity index is 0. The average molecular weight is 333 g/mol. The van der Waals surface area contributed by atoms with Gasteiger partial charge in [-0.15, -0.1) is 0 Å². The van der Waals surface area contributed by atoms with Gasteiger partial charge in [-0.3, -0.25) is 0 Å². The zero-order chi connectivity index (χ0) is 15.3. The summed E-state index contributed by atoms with van der Waals surface area (Å²) in [7, 11) is 1.81. The zero-order valence-electron chi connectivity index (χ0n) is 13.8. The monoisotopic (exact) mass is 332 g/mol. The molecule has 2 aliphatic carbocycles. The van der Waals surface area contributed by atoms with Crippen molar-refractivity contribution in [3.63, 3.8) is 0 Å². The van der Waals surface area contributed by atoms with Crippen molar-refractivity contribution in [2.24, 2.45) is 11.8 Å². The fraction of sp³-hybridized carbons (Fsp3) is 0.765. The molecular formula is C17H33BrO. The van der Waals surface area contributed by atoms with Crippen molar-refractivity contribution in [3.05, 3.63) is 24.3 Å². The molecule has 1 fully saturated rings. The normalized spacial score (nSPS) is 30.5. The van der Waals surface area contributed by atoms with Gasteiger partial charge in [0.2, 0.25) is 0 Å². The van der Waals surface area contributed by atoms with Crippen LogP contribution in [0.25, 0.3) is 0 Å². The van der Waals surface area contributed by atoms with E-state index in [0.29, 0.717) is 22.8 Å². The number of rotatable bonds is 1. The van der Waals surface area contributed by atoms with Crippen molar-refractivity contribution in [1.29, 1.82) is 0 Å². The molecule has 0 N–H and O–H groups in total. The van der Waals surface area contributed by atoms with Crippen LogP contribution >= 0.6 is 15.9 Å². The van der Waals surface area contributed by atoms with Gasteiger partial charge in [-0.1, -0.05) is 81.8 Å². The summed E-state index contributed by atoms with van der Waals surface area (Å²) in [6.07, 6.45) is 11.7. The molecule has 2 aliphatic rings. The Kier molecular flexibility index (Phi) is 16.0. The largest absolute Gasteiger partial charge is 0.380 e. The van der Waals surface area contributed by atoms with E-state index in [0.717, 1.165) is 0 Å². The third-order valence-electron chi connectivity index (χ3n) is 3.08. The van der Waals surface area contributed by atoms with Gasteiger partial charge in [0, 0.05) is 17.9 Å². The Hall–Kier alpha value is -0.0800. The van der Waals surface area contributed by atoms with E-state index in [-0.39, 0.29) is 0 Å². The second-order valence-electron chi connectivity index (χ2n) is 3.80. The van der Waals surface area contributed by atoms with Crippen LogP contribution < -0.4 is 0 Å². The van der Waals surface area contributed by atoms with Gasteiger partial charge in [-0.05, 0) is 18.8 Å². The van der Waals surface area contributed by atoms with Crippen molar-refractivity contribution in [2.45, 2.75) is 65.3 Å². The first-order valence-corrected chi connectivity index (χ1v) is 8.76. The van der Waals surface area contributed by atoms with Crippen molar-refractivity contribution in [1.82, 2.24) is 0 Å². The Morgan fingerprint density at radius 2 is 1.42 bits per heavy atom. The number of hydrogen-bond donors (Lipinski definition) is 0. The highest BCUT2D eigenvalue weighted by molar-refractivity contribution is 9.09. The third-order valence-corrected chi connectivity index (χ3v) is 4.06. The molecule has 0 spiro atoms. The molecule has 0 saturated heterocycles. The smallest absolute Gasteiger partial charge is 0.0764 e. The summed E-state index contributed by atoms with van der Waals surface area (Å²) in [6.45, 7) is 12.0. The summed E-state index contributed by atoms with van der Waals surface area (Å²) in [6, 6.07) is 0. The molecule has 19 heavy (non-hydrogen) atoms. The highest BCUT2D eigenvalue weighted by Gasteiger charge is 2.36. The molecular weight excluding hydrogens is 300 g/mol. The lowest BCUT2D eigenvalue weighted by Crippen LogP contribution is -2.39. The maximum absolute atomic E-state index is 5.54. The number of fused-ring (bicyclic) bond motifs is 1. The highest BCUT2D eigenvalue weighted by Crippen LogP contribution is 2.38. The van der Waals surface area contributed by atoms with Gasteiger partial charge in [-0.25, -0.2) is 0 Å². The van der Waals surface area contributed by atoms with E-state index in [9.17, 15) is 0 Å². The molecule has 4 atom stereocenters. The lowest BCUT2D eigenvalue weighted by atomic mass is 9.75. The standard InChI is InChI=1S/C11H15BrO.3C2H6/c1-13-11-9-5-3-2-4-8(9)6-7-10(11)12;3*1-2/h2-5,8-11H,6-7H2,1H3;3*1-2H3. The second kappa shape index (κ2) is 14.3. The quantitative estimate of drug-likeness (QED) is 0.535. The predicted octanol–water partition coefficient (Wildman–Crippen LogP) is 6.00. The lowest BCUT2D eigenvalue weighted by Gasteiger charge is -2.38. The SMILES string of the molecule is CC.CC.CC.COC1C(Br)CCC2C=CC=CC21. The minimum Gasteiger partial charge on any atom is -0.380 e. The van der Waals surface area contributed by atoms with Crippen molar-refractivity contribution in [2.75, 3.05) is 7.11 Å². The van der Waals surface area contributed by atoms with E-state index >= 15 is 0 Å². The average Bonchev–Trinajstić information content (AvgIpc) is 2.53. The first kappa shape index (κ1) is 21.2. The summed E-state index contributed by atoms with van der Waals surface area (Å²) in [5.41, 5.74) is 0. The number of ether oxygens (including phenoxy) is 1. The van der Waals surface area contributed by atoms with Gasteiger partial charge in [0.05, 0.1) is 6.10 Å². The summed E-state index contributed by atoms with van der Waals surface area (Å²) in [5, 5.41) is 0. The Morgan fingerprint density at radius 1 is 0.895 bits per heavy atom.